The molecule has 1 amide bonds. The quantitative estimate of drug-likeness (QED) is 0.913. The van der Waals surface area contributed by atoms with Gasteiger partial charge in [-0.3, -0.25) is 14.3 Å². The highest BCUT2D eigenvalue weighted by atomic mass is 19.4. The lowest BCUT2D eigenvalue weighted by atomic mass is 9.86. The number of aryl methyl sites for hydroxylation is 2. The molecule has 2 heterocycles. The highest BCUT2D eigenvalue weighted by molar-refractivity contribution is 5.81. The lowest BCUT2D eigenvalue weighted by molar-refractivity contribution is -0.227. The number of hydrogen-bond acceptors (Lipinski definition) is 3. The van der Waals surface area contributed by atoms with E-state index in [1.807, 2.05) is 0 Å². The van der Waals surface area contributed by atoms with Crippen molar-refractivity contribution >= 4 is 11.9 Å². The summed E-state index contributed by atoms with van der Waals surface area (Å²) in [5.74, 6) is -2.51. The average molecular weight is 319 g/mol. The largest absolute Gasteiger partial charge is 0.481 e. The van der Waals surface area contributed by atoms with Gasteiger partial charge in [0.25, 0.3) is 0 Å². The van der Waals surface area contributed by atoms with Crippen LogP contribution in [0.3, 0.4) is 0 Å². The molecule has 1 fully saturated rings. The predicted molar refractivity (Wildman–Crippen MR) is 69.0 cm³/mol. The van der Waals surface area contributed by atoms with Crippen LogP contribution in [0.1, 0.15) is 17.8 Å². The molecule has 1 saturated heterocycles. The molecule has 9 heteroatoms. The summed E-state index contributed by atoms with van der Waals surface area (Å²) in [6, 6.07) is 1.74. The number of halogens is 3. The number of likely N-dealkylation sites (tertiary alicyclic amines) is 1. The van der Waals surface area contributed by atoms with Crippen LogP contribution in [0.15, 0.2) is 6.07 Å². The summed E-state index contributed by atoms with van der Waals surface area (Å²) in [5, 5.41) is 13.0. The molecule has 1 N–H and O–H groups in total. The predicted octanol–water partition coefficient (Wildman–Crippen LogP) is 1.37. The molecule has 1 aromatic rings. The number of carboxylic acids is 1. The molecule has 6 nitrogen and oxygen atoms in total. The van der Waals surface area contributed by atoms with Crippen molar-refractivity contribution in [2.24, 2.45) is 5.41 Å². The average Bonchev–Trinajstić information content (AvgIpc) is 2.94. The fraction of sp³-hybridized carbons (Fsp3) is 0.615. The number of rotatable bonds is 3. The maximum Gasteiger partial charge on any atom is 0.406 e. The van der Waals surface area contributed by atoms with E-state index < -0.39 is 36.4 Å². The van der Waals surface area contributed by atoms with Crippen LogP contribution in [0.4, 0.5) is 13.2 Å². The number of alkyl halides is 3. The van der Waals surface area contributed by atoms with Crippen LogP contribution < -0.4 is 0 Å². The first-order valence-electron chi connectivity index (χ1n) is 6.66. The molecule has 1 unspecified atom stereocenters. The Morgan fingerprint density at radius 1 is 1.41 bits per heavy atom. The van der Waals surface area contributed by atoms with Crippen molar-refractivity contribution in [2.75, 3.05) is 13.1 Å². The molecule has 0 saturated carbocycles. The van der Waals surface area contributed by atoms with E-state index in [0.717, 1.165) is 4.90 Å². The molecule has 122 valence electrons. The third kappa shape index (κ3) is 2.67. The first-order valence-corrected chi connectivity index (χ1v) is 6.66. The number of amides is 1. The summed E-state index contributed by atoms with van der Waals surface area (Å²) in [7, 11) is 0. The minimum absolute atomic E-state index is 0.201. The topological polar surface area (TPSA) is 75.4 Å². The number of hydrogen-bond donors (Lipinski definition) is 1. The van der Waals surface area contributed by atoms with Crippen LogP contribution in [0.25, 0.3) is 0 Å². The minimum Gasteiger partial charge on any atom is -0.481 e. The number of nitrogens with zero attached hydrogens (tertiary/aromatic N) is 3. The molecule has 2 rings (SSSR count). The molecule has 1 aliphatic heterocycles. The van der Waals surface area contributed by atoms with Gasteiger partial charge in [0, 0.05) is 18.8 Å². The van der Waals surface area contributed by atoms with Crippen molar-refractivity contribution in [3.8, 4) is 0 Å². The van der Waals surface area contributed by atoms with E-state index >= 15 is 0 Å². The molecule has 0 spiro atoms. The Balaban J connectivity index is 2.14. The first kappa shape index (κ1) is 16.3. The second-order valence-electron chi connectivity index (χ2n) is 5.54. The van der Waals surface area contributed by atoms with Gasteiger partial charge in [-0.05, 0) is 26.3 Å². The zero-order valence-electron chi connectivity index (χ0n) is 12.1. The van der Waals surface area contributed by atoms with Crippen molar-refractivity contribution in [1.29, 1.82) is 0 Å². The van der Waals surface area contributed by atoms with Gasteiger partial charge < -0.3 is 10.0 Å². The van der Waals surface area contributed by atoms with Crippen molar-refractivity contribution in [2.45, 2.75) is 33.0 Å². The highest BCUT2D eigenvalue weighted by Gasteiger charge is 2.64. The third-order valence-corrected chi connectivity index (χ3v) is 3.96. The highest BCUT2D eigenvalue weighted by Crippen LogP contribution is 2.45. The monoisotopic (exact) mass is 319 g/mol. The molecule has 22 heavy (non-hydrogen) atoms. The lowest BCUT2D eigenvalue weighted by Crippen LogP contribution is -2.48. The smallest absolute Gasteiger partial charge is 0.406 e. The lowest BCUT2D eigenvalue weighted by Gasteiger charge is -2.27. The Hall–Kier alpha value is -2.06. The molecular weight excluding hydrogens is 303 g/mol. The molecule has 1 aromatic heterocycles. The second-order valence-corrected chi connectivity index (χ2v) is 5.54. The standard InChI is InChI=1S/C13H16F3N3O3/c1-8-5-9(2)19(17-8)6-10(20)18-4-3-12(7-18,11(21)22)13(14,15)16/h5H,3-4,6-7H2,1-2H3,(H,21,22). The van der Waals surface area contributed by atoms with E-state index in [2.05, 4.69) is 5.10 Å². The molecule has 1 aliphatic rings. The van der Waals surface area contributed by atoms with E-state index in [4.69, 9.17) is 5.11 Å². The summed E-state index contributed by atoms with van der Waals surface area (Å²) in [5.41, 5.74) is -1.47. The zero-order chi connectivity index (χ0) is 16.7. The molecule has 1 atom stereocenters. The molecule has 0 bridgehead atoms. The Morgan fingerprint density at radius 2 is 2.05 bits per heavy atom. The summed E-state index contributed by atoms with van der Waals surface area (Å²) >= 11 is 0. The first-order chi connectivity index (χ1) is 10.1. The number of carbonyl (C=O) groups is 2. The van der Waals surface area contributed by atoms with Crippen LogP contribution in [0.2, 0.25) is 0 Å². The molecule has 0 aromatic carbocycles. The van der Waals surface area contributed by atoms with Crippen molar-refractivity contribution < 1.29 is 27.9 Å². The zero-order valence-corrected chi connectivity index (χ0v) is 12.1. The SMILES string of the molecule is Cc1cc(C)n(CC(=O)N2CCC(C(=O)O)(C(F)(F)F)C2)n1. The molecule has 0 aliphatic carbocycles. The van der Waals surface area contributed by atoms with Crippen LogP contribution in [0, 0.1) is 19.3 Å². The van der Waals surface area contributed by atoms with Gasteiger partial charge in [0.1, 0.15) is 6.54 Å². The fourth-order valence-corrected chi connectivity index (χ4v) is 2.61. The minimum atomic E-state index is -4.90. The Labute approximate surface area is 124 Å². The van der Waals surface area contributed by atoms with Crippen LogP contribution in [-0.2, 0) is 16.1 Å². The van der Waals surface area contributed by atoms with Gasteiger partial charge in [-0.15, -0.1) is 0 Å². The van der Waals surface area contributed by atoms with Crippen LogP contribution >= 0.6 is 0 Å². The van der Waals surface area contributed by atoms with Gasteiger partial charge in [-0.1, -0.05) is 0 Å². The van der Waals surface area contributed by atoms with Crippen LogP contribution in [-0.4, -0.2) is 50.9 Å². The van der Waals surface area contributed by atoms with E-state index in [1.54, 1.807) is 19.9 Å². The van der Waals surface area contributed by atoms with Gasteiger partial charge >= 0.3 is 12.1 Å². The van der Waals surface area contributed by atoms with E-state index in [9.17, 15) is 22.8 Å². The number of aliphatic carboxylic acids is 1. The third-order valence-electron chi connectivity index (χ3n) is 3.96. The number of carbonyl (C=O) groups excluding carboxylic acids is 1. The van der Waals surface area contributed by atoms with Crippen LogP contribution in [0.5, 0.6) is 0 Å². The number of carboxylic acid groups (broad SMARTS) is 1. The summed E-state index contributed by atoms with van der Waals surface area (Å²) < 4.78 is 40.6. The van der Waals surface area contributed by atoms with Gasteiger partial charge in [-0.25, -0.2) is 0 Å². The molecule has 0 radical (unpaired) electrons. The summed E-state index contributed by atoms with van der Waals surface area (Å²) in [6.45, 7) is 2.18. The van der Waals surface area contributed by atoms with Crippen molar-refractivity contribution in [3.63, 3.8) is 0 Å². The Kier molecular flexibility index (Phi) is 3.92. The van der Waals surface area contributed by atoms with Gasteiger partial charge in [-0.2, -0.15) is 18.3 Å². The Morgan fingerprint density at radius 3 is 2.45 bits per heavy atom. The fourth-order valence-electron chi connectivity index (χ4n) is 2.61. The summed E-state index contributed by atoms with van der Waals surface area (Å²) in [6.07, 6.45) is -5.53. The van der Waals surface area contributed by atoms with Gasteiger partial charge in [0.2, 0.25) is 5.91 Å². The van der Waals surface area contributed by atoms with E-state index in [0.29, 0.717) is 11.4 Å². The van der Waals surface area contributed by atoms with Crippen molar-refractivity contribution in [3.05, 3.63) is 17.5 Å². The number of aromatic nitrogens is 2. The second kappa shape index (κ2) is 5.29. The summed E-state index contributed by atoms with van der Waals surface area (Å²) in [4.78, 5) is 24.1. The van der Waals surface area contributed by atoms with Gasteiger partial charge in [0.15, 0.2) is 5.41 Å². The van der Waals surface area contributed by atoms with Gasteiger partial charge in [0.05, 0.1) is 5.69 Å². The maximum absolute atomic E-state index is 13.1. The normalized spacial score (nSPS) is 22.1. The Bertz CT molecular complexity index is 611. The van der Waals surface area contributed by atoms with Crippen molar-refractivity contribution in [1.82, 2.24) is 14.7 Å². The van der Waals surface area contributed by atoms with E-state index in [-0.39, 0.29) is 13.1 Å². The molecular formula is C13H16F3N3O3. The maximum atomic E-state index is 13.1. The van der Waals surface area contributed by atoms with E-state index in [1.165, 1.54) is 4.68 Å².